The summed E-state index contributed by atoms with van der Waals surface area (Å²) in [5, 5.41) is 7.37. The van der Waals surface area contributed by atoms with Crippen LogP contribution >= 0.6 is 0 Å². The van der Waals surface area contributed by atoms with Crippen LogP contribution in [-0.4, -0.2) is 41.7 Å². The molecule has 0 aliphatic carbocycles. The van der Waals surface area contributed by atoms with Crippen molar-refractivity contribution in [1.82, 2.24) is 14.6 Å². The molecule has 2 rings (SSSR count). The van der Waals surface area contributed by atoms with Crippen LogP contribution in [0, 0.1) is 6.92 Å². The van der Waals surface area contributed by atoms with Gasteiger partial charge in [0.2, 0.25) is 5.95 Å². The van der Waals surface area contributed by atoms with Crippen molar-refractivity contribution in [2.75, 3.05) is 26.1 Å². The molecule has 0 unspecified atom stereocenters. The summed E-state index contributed by atoms with van der Waals surface area (Å²) in [6, 6.07) is 3.94. The lowest BCUT2D eigenvalue weighted by atomic mass is 10.3. The minimum Gasteiger partial charge on any atom is -0.354 e. The molecule has 0 saturated carbocycles. The fraction of sp³-hybridized carbons (Fsp3) is 0.455. The second-order valence-corrected chi connectivity index (χ2v) is 3.68. The lowest BCUT2D eigenvalue weighted by Crippen LogP contribution is -2.24. The van der Waals surface area contributed by atoms with Gasteiger partial charge in [0.05, 0.1) is 6.54 Å². The second-order valence-electron chi connectivity index (χ2n) is 3.68. The summed E-state index contributed by atoms with van der Waals surface area (Å²) >= 11 is 0. The largest absolute Gasteiger partial charge is 0.354 e. The van der Waals surface area contributed by atoms with E-state index in [2.05, 4.69) is 15.4 Å². The van der Waals surface area contributed by atoms with E-state index < -0.39 is 0 Å². The Kier molecular flexibility index (Phi) is 3.55. The maximum absolute atomic E-state index is 5.07. The number of aromatic nitrogens is 3. The van der Waals surface area contributed by atoms with E-state index in [1.165, 1.54) is 0 Å². The first kappa shape index (κ1) is 11.8. The summed E-state index contributed by atoms with van der Waals surface area (Å²) in [5.74, 6) is 0.568. The van der Waals surface area contributed by atoms with Crippen molar-refractivity contribution in [3.05, 3.63) is 23.9 Å². The molecule has 0 aliphatic heterocycles. The molecule has 0 fully saturated rings. The van der Waals surface area contributed by atoms with Crippen molar-refractivity contribution >= 4 is 11.6 Å². The number of fused-ring (bicyclic) bond motifs is 1. The Bertz CT molecular complexity index is 493. The molecule has 0 saturated heterocycles. The summed E-state index contributed by atoms with van der Waals surface area (Å²) in [4.78, 5) is 4.38. The van der Waals surface area contributed by atoms with Crippen LogP contribution in [0.2, 0.25) is 0 Å². The number of anilines is 1. The molecular weight excluding hydrogens is 220 g/mol. The third-order valence-corrected chi connectivity index (χ3v) is 2.51. The SMILES string of the molecule is COC(CNc1nc2c(C)cccn2n1)OC. The lowest BCUT2D eigenvalue weighted by Gasteiger charge is -2.12. The highest BCUT2D eigenvalue weighted by Gasteiger charge is 2.08. The minimum atomic E-state index is -0.303. The van der Waals surface area contributed by atoms with Gasteiger partial charge in [-0.25, -0.2) is 4.52 Å². The number of rotatable bonds is 5. The van der Waals surface area contributed by atoms with Gasteiger partial charge in [0.25, 0.3) is 0 Å². The zero-order valence-corrected chi connectivity index (χ0v) is 10.2. The molecule has 2 heterocycles. The molecule has 0 radical (unpaired) electrons. The van der Waals surface area contributed by atoms with Gasteiger partial charge in [0, 0.05) is 20.4 Å². The number of hydrogen-bond donors (Lipinski definition) is 1. The predicted molar refractivity (Wildman–Crippen MR) is 64.0 cm³/mol. The van der Waals surface area contributed by atoms with Crippen molar-refractivity contribution in [2.45, 2.75) is 13.2 Å². The summed E-state index contributed by atoms with van der Waals surface area (Å²) in [6.45, 7) is 2.50. The van der Waals surface area contributed by atoms with Gasteiger partial charge < -0.3 is 14.8 Å². The summed E-state index contributed by atoms with van der Waals surface area (Å²) < 4.78 is 11.9. The summed E-state index contributed by atoms with van der Waals surface area (Å²) in [6.07, 6.45) is 1.56. The molecule has 2 aromatic heterocycles. The van der Waals surface area contributed by atoms with Gasteiger partial charge in [-0.1, -0.05) is 6.07 Å². The van der Waals surface area contributed by atoms with E-state index in [0.29, 0.717) is 12.5 Å². The molecule has 6 heteroatoms. The molecule has 92 valence electrons. The lowest BCUT2D eigenvalue weighted by molar-refractivity contribution is -0.0914. The molecule has 0 aromatic carbocycles. The van der Waals surface area contributed by atoms with Crippen molar-refractivity contribution < 1.29 is 9.47 Å². The van der Waals surface area contributed by atoms with Gasteiger partial charge in [0.1, 0.15) is 0 Å². The van der Waals surface area contributed by atoms with Crippen LogP contribution < -0.4 is 5.32 Å². The zero-order chi connectivity index (χ0) is 12.3. The Morgan fingerprint density at radius 2 is 2.18 bits per heavy atom. The Morgan fingerprint density at radius 3 is 2.82 bits per heavy atom. The molecule has 0 amide bonds. The molecule has 1 N–H and O–H groups in total. The van der Waals surface area contributed by atoms with Gasteiger partial charge in [-0.05, 0) is 18.6 Å². The normalized spacial score (nSPS) is 11.3. The highest BCUT2D eigenvalue weighted by molar-refractivity contribution is 5.49. The van der Waals surface area contributed by atoms with E-state index in [-0.39, 0.29) is 6.29 Å². The van der Waals surface area contributed by atoms with Gasteiger partial charge in [0.15, 0.2) is 11.9 Å². The maximum atomic E-state index is 5.07. The standard InChI is InChI=1S/C11H16N4O2/c1-8-5-4-6-15-10(8)13-11(14-15)12-7-9(16-2)17-3/h4-6,9H,7H2,1-3H3,(H,12,14). The maximum Gasteiger partial charge on any atom is 0.243 e. The predicted octanol–water partition coefficient (Wildman–Crippen LogP) is 1.07. The number of nitrogens with zero attached hydrogens (tertiary/aromatic N) is 3. The highest BCUT2D eigenvalue weighted by Crippen LogP contribution is 2.09. The summed E-state index contributed by atoms with van der Waals surface area (Å²) in [7, 11) is 3.19. The van der Waals surface area contributed by atoms with Gasteiger partial charge in [-0.2, -0.15) is 4.98 Å². The van der Waals surface area contributed by atoms with Crippen LogP contribution in [0.3, 0.4) is 0 Å². The average Bonchev–Trinajstić information content (AvgIpc) is 2.75. The number of pyridine rings is 1. The van der Waals surface area contributed by atoms with Gasteiger partial charge in [-0.3, -0.25) is 0 Å². The zero-order valence-electron chi connectivity index (χ0n) is 10.2. The van der Waals surface area contributed by atoms with E-state index >= 15 is 0 Å². The van der Waals surface area contributed by atoms with E-state index in [1.54, 1.807) is 18.7 Å². The van der Waals surface area contributed by atoms with Crippen LogP contribution in [-0.2, 0) is 9.47 Å². The number of hydrogen-bond acceptors (Lipinski definition) is 5. The second kappa shape index (κ2) is 5.11. The van der Waals surface area contributed by atoms with E-state index in [0.717, 1.165) is 11.2 Å². The number of nitrogens with one attached hydrogen (secondary N) is 1. The Morgan fingerprint density at radius 1 is 1.41 bits per heavy atom. The Balaban J connectivity index is 2.12. The van der Waals surface area contributed by atoms with E-state index in [9.17, 15) is 0 Å². The molecule has 0 spiro atoms. The monoisotopic (exact) mass is 236 g/mol. The first-order valence-corrected chi connectivity index (χ1v) is 5.36. The molecule has 0 atom stereocenters. The van der Waals surface area contributed by atoms with Gasteiger partial charge in [-0.15, -0.1) is 5.10 Å². The third kappa shape index (κ3) is 2.54. The van der Waals surface area contributed by atoms with Crippen molar-refractivity contribution in [1.29, 1.82) is 0 Å². The van der Waals surface area contributed by atoms with Gasteiger partial charge >= 0.3 is 0 Å². The number of aryl methyl sites for hydroxylation is 1. The smallest absolute Gasteiger partial charge is 0.243 e. The molecular formula is C11H16N4O2. The van der Waals surface area contributed by atoms with Crippen LogP contribution in [0.1, 0.15) is 5.56 Å². The van der Waals surface area contributed by atoms with Crippen LogP contribution in [0.15, 0.2) is 18.3 Å². The average molecular weight is 236 g/mol. The highest BCUT2D eigenvalue weighted by atomic mass is 16.7. The van der Waals surface area contributed by atoms with E-state index in [1.807, 2.05) is 25.3 Å². The Hall–Kier alpha value is -1.66. The van der Waals surface area contributed by atoms with Crippen LogP contribution in [0.25, 0.3) is 5.65 Å². The number of ether oxygens (including phenoxy) is 2. The molecule has 6 nitrogen and oxygen atoms in total. The topological polar surface area (TPSA) is 60.7 Å². The quantitative estimate of drug-likeness (QED) is 0.787. The molecule has 2 aromatic rings. The Labute approximate surface area is 99.6 Å². The fourth-order valence-corrected chi connectivity index (χ4v) is 1.55. The first-order valence-electron chi connectivity index (χ1n) is 5.36. The molecule has 17 heavy (non-hydrogen) atoms. The van der Waals surface area contributed by atoms with Crippen LogP contribution in [0.4, 0.5) is 5.95 Å². The van der Waals surface area contributed by atoms with Crippen molar-refractivity contribution in [3.8, 4) is 0 Å². The molecule has 0 bridgehead atoms. The first-order chi connectivity index (χ1) is 8.24. The third-order valence-electron chi connectivity index (χ3n) is 2.51. The van der Waals surface area contributed by atoms with E-state index in [4.69, 9.17) is 9.47 Å². The molecule has 0 aliphatic rings. The fourth-order valence-electron chi connectivity index (χ4n) is 1.55. The minimum absolute atomic E-state index is 0.303. The van der Waals surface area contributed by atoms with Crippen molar-refractivity contribution in [2.24, 2.45) is 0 Å². The number of methoxy groups -OCH3 is 2. The van der Waals surface area contributed by atoms with Crippen LogP contribution in [0.5, 0.6) is 0 Å². The van der Waals surface area contributed by atoms with Crippen molar-refractivity contribution in [3.63, 3.8) is 0 Å². The summed E-state index contributed by atoms with van der Waals surface area (Å²) in [5.41, 5.74) is 1.93.